The number of hydrogen-bond acceptors (Lipinski definition) is 2. The lowest BCUT2D eigenvalue weighted by Gasteiger charge is -2.24. The maximum Gasteiger partial charge on any atom is 0.119 e. The molecule has 1 fully saturated rings. The van der Waals surface area contributed by atoms with Crippen molar-refractivity contribution in [3.63, 3.8) is 0 Å². The largest absolute Gasteiger partial charge is 0.497 e. The van der Waals surface area contributed by atoms with Gasteiger partial charge in [0.2, 0.25) is 0 Å². The monoisotopic (exact) mass is 329 g/mol. The van der Waals surface area contributed by atoms with E-state index in [1.165, 1.54) is 65.4 Å². The van der Waals surface area contributed by atoms with Crippen molar-refractivity contribution in [2.45, 2.75) is 44.4 Å². The highest BCUT2D eigenvalue weighted by Gasteiger charge is 2.29. The van der Waals surface area contributed by atoms with Gasteiger partial charge in [0.15, 0.2) is 0 Å². The third-order valence-electron chi connectivity index (χ3n) is 5.97. The van der Waals surface area contributed by atoms with E-state index in [-0.39, 0.29) is 0 Å². The molecule has 1 aromatic heterocycles. The maximum atomic E-state index is 5.49. The molecule has 25 heavy (non-hydrogen) atoms. The van der Waals surface area contributed by atoms with Crippen molar-refractivity contribution in [2.75, 3.05) is 7.11 Å². The Morgan fingerprint density at radius 1 is 1.00 bits per heavy atom. The normalized spacial score (nSPS) is 16.7. The molecule has 2 aromatic carbocycles. The fourth-order valence-corrected chi connectivity index (χ4v) is 4.74. The van der Waals surface area contributed by atoms with E-state index in [0.717, 1.165) is 17.7 Å². The van der Waals surface area contributed by atoms with Crippen LogP contribution in [0, 0.1) is 0 Å². The molecule has 1 saturated carbocycles. The molecule has 0 aliphatic heterocycles. The van der Waals surface area contributed by atoms with Gasteiger partial charge in [0.1, 0.15) is 5.75 Å². The first-order chi connectivity index (χ1) is 12.3. The van der Waals surface area contributed by atoms with Crippen molar-refractivity contribution in [2.24, 2.45) is 0 Å². The third kappa shape index (κ3) is 2.35. The first kappa shape index (κ1) is 14.9. The van der Waals surface area contributed by atoms with Crippen LogP contribution in [0.3, 0.4) is 0 Å². The Balaban J connectivity index is 1.80. The van der Waals surface area contributed by atoms with Gasteiger partial charge < -0.3 is 4.74 Å². The Morgan fingerprint density at radius 2 is 1.84 bits per heavy atom. The van der Waals surface area contributed by atoms with Crippen LogP contribution in [0.2, 0.25) is 0 Å². The summed E-state index contributed by atoms with van der Waals surface area (Å²) in [5, 5.41) is 1.24. The molecule has 0 unspecified atom stereocenters. The van der Waals surface area contributed by atoms with Crippen LogP contribution < -0.4 is 4.74 Å². The van der Waals surface area contributed by atoms with Crippen molar-refractivity contribution in [3.05, 3.63) is 59.3 Å². The predicted molar refractivity (Wildman–Crippen MR) is 102 cm³/mol. The second-order valence-corrected chi connectivity index (χ2v) is 7.40. The fourth-order valence-electron chi connectivity index (χ4n) is 4.74. The summed E-state index contributed by atoms with van der Waals surface area (Å²) in [7, 11) is 1.74. The fraction of sp³-hybridized carbons (Fsp3) is 0.348. The van der Waals surface area contributed by atoms with E-state index < -0.39 is 0 Å². The lowest BCUT2D eigenvalue weighted by Crippen LogP contribution is -2.10. The van der Waals surface area contributed by atoms with Crippen LogP contribution in [-0.4, -0.2) is 12.1 Å². The molecule has 0 N–H and O–H groups in total. The van der Waals surface area contributed by atoms with Gasteiger partial charge in [-0.1, -0.05) is 43.5 Å². The number of pyridine rings is 1. The minimum Gasteiger partial charge on any atom is -0.497 e. The number of fused-ring (bicyclic) bond motifs is 5. The van der Waals surface area contributed by atoms with Crippen molar-refractivity contribution >= 4 is 10.9 Å². The van der Waals surface area contributed by atoms with Gasteiger partial charge in [-0.2, -0.15) is 0 Å². The summed E-state index contributed by atoms with van der Waals surface area (Å²) in [5.74, 6) is 1.54. The lowest BCUT2D eigenvalue weighted by molar-refractivity contribution is 0.415. The molecule has 0 spiro atoms. The van der Waals surface area contributed by atoms with E-state index in [1.54, 1.807) is 7.11 Å². The van der Waals surface area contributed by atoms with Crippen LogP contribution in [0.1, 0.15) is 54.8 Å². The zero-order chi connectivity index (χ0) is 16.8. The molecule has 1 heterocycles. The SMILES string of the molecule is COc1ccc2nc(C3CCCCC3)c3c(c2c1)-c1ccccc1C3. The first-order valence-corrected chi connectivity index (χ1v) is 9.44. The standard InChI is InChI=1S/C23H23NO/c1-25-17-11-12-21-19(14-17)22-18-10-6-5-9-16(18)13-20(22)23(24-21)15-7-3-2-4-8-15/h5-6,9-12,14-15H,2-4,7-8,13H2,1H3. The van der Waals surface area contributed by atoms with Crippen LogP contribution in [0.15, 0.2) is 42.5 Å². The first-order valence-electron chi connectivity index (χ1n) is 9.44. The van der Waals surface area contributed by atoms with E-state index in [9.17, 15) is 0 Å². The van der Waals surface area contributed by atoms with Crippen molar-refractivity contribution in [3.8, 4) is 16.9 Å². The minimum absolute atomic E-state index is 0.628. The second kappa shape index (κ2) is 5.87. The summed E-state index contributed by atoms with van der Waals surface area (Å²) in [6.45, 7) is 0. The van der Waals surface area contributed by atoms with Crippen LogP contribution in [0.25, 0.3) is 22.0 Å². The van der Waals surface area contributed by atoms with E-state index in [1.807, 2.05) is 6.07 Å². The Hall–Kier alpha value is -2.35. The van der Waals surface area contributed by atoms with Gasteiger partial charge in [-0.25, -0.2) is 0 Å². The number of hydrogen-bond donors (Lipinski definition) is 0. The maximum absolute atomic E-state index is 5.49. The van der Waals surface area contributed by atoms with Crippen LogP contribution in [0.5, 0.6) is 5.75 Å². The van der Waals surface area contributed by atoms with Crippen molar-refractivity contribution < 1.29 is 4.74 Å². The van der Waals surface area contributed by atoms with Gasteiger partial charge in [-0.05, 0) is 53.3 Å². The molecule has 2 aliphatic rings. The molecule has 0 amide bonds. The molecule has 0 radical (unpaired) electrons. The molecule has 2 nitrogen and oxygen atoms in total. The van der Waals surface area contributed by atoms with E-state index in [0.29, 0.717) is 5.92 Å². The molecule has 126 valence electrons. The quantitative estimate of drug-likeness (QED) is 0.459. The van der Waals surface area contributed by atoms with Crippen molar-refractivity contribution in [1.82, 2.24) is 4.98 Å². The molecule has 0 bridgehead atoms. The van der Waals surface area contributed by atoms with Gasteiger partial charge in [0.25, 0.3) is 0 Å². The number of nitrogens with zero attached hydrogens (tertiary/aromatic N) is 1. The van der Waals surface area contributed by atoms with Gasteiger partial charge in [-0.3, -0.25) is 4.98 Å². The van der Waals surface area contributed by atoms with E-state index in [4.69, 9.17) is 9.72 Å². The summed E-state index contributed by atoms with van der Waals surface area (Å²) in [6.07, 6.45) is 7.67. The highest BCUT2D eigenvalue weighted by molar-refractivity contribution is 6.00. The summed E-state index contributed by atoms with van der Waals surface area (Å²) in [6, 6.07) is 15.2. The molecule has 5 rings (SSSR count). The number of methoxy groups -OCH3 is 1. The summed E-state index contributed by atoms with van der Waals surface area (Å²) in [4.78, 5) is 5.17. The van der Waals surface area contributed by atoms with Crippen LogP contribution >= 0.6 is 0 Å². The molecule has 2 heteroatoms. The molecule has 3 aromatic rings. The average molecular weight is 329 g/mol. The Labute approximate surface area is 148 Å². The highest BCUT2D eigenvalue weighted by Crippen LogP contribution is 2.46. The van der Waals surface area contributed by atoms with E-state index in [2.05, 4.69) is 36.4 Å². The lowest BCUT2D eigenvalue weighted by atomic mass is 9.83. The average Bonchev–Trinajstić information content (AvgIpc) is 3.07. The summed E-state index contributed by atoms with van der Waals surface area (Å²) < 4.78 is 5.49. The molecular weight excluding hydrogens is 306 g/mol. The van der Waals surface area contributed by atoms with Gasteiger partial charge >= 0.3 is 0 Å². The number of rotatable bonds is 2. The van der Waals surface area contributed by atoms with Crippen LogP contribution in [-0.2, 0) is 6.42 Å². The zero-order valence-corrected chi connectivity index (χ0v) is 14.7. The van der Waals surface area contributed by atoms with Crippen LogP contribution in [0.4, 0.5) is 0 Å². The predicted octanol–water partition coefficient (Wildman–Crippen LogP) is 5.86. The number of ether oxygens (including phenoxy) is 1. The smallest absolute Gasteiger partial charge is 0.119 e. The third-order valence-corrected chi connectivity index (χ3v) is 5.97. The van der Waals surface area contributed by atoms with Crippen molar-refractivity contribution in [1.29, 1.82) is 0 Å². The van der Waals surface area contributed by atoms with Gasteiger partial charge in [0.05, 0.1) is 12.6 Å². The Bertz CT molecular complexity index is 954. The zero-order valence-electron chi connectivity index (χ0n) is 14.7. The molecule has 2 aliphatic carbocycles. The summed E-state index contributed by atoms with van der Waals surface area (Å²) >= 11 is 0. The van der Waals surface area contributed by atoms with Gasteiger partial charge in [-0.15, -0.1) is 0 Å². The molecular formula is C23H23NO. The topological polar surface area (TPSA) is 22.1 Å². The minimum atomic E-state index is 0.628. The van der Waals surface area contributed by atoms with Gasteiger partial charge in [0, 0.05) is 23.4 Å². The second-order valence-electron chi connectivity index (χ2n) is 7.40. The number of aromatic nitrogens is 1. The van der Waals surface area contributed by atoms with E-state index >= 15 is 0 Å². The molecule has 0 saturated heterocycles. The molecule has 0 atom stereocenters. The summed E-state index contributed by atoms with van der Waals surface area (Å²) in [5.41, 5.74) is 8.16. The number of benzene rings is 2. The highest BCUT2D eigenvalue weighted by atomic mass is 16.5. The Kier molecular flexibility index (Phi) is 3.51. The Morgan fingerprint density at radius 3 is 2.68 bits per heavy atom.